The van der Waals surface area contributed by atoms with Crippen molar-refractivity contribution in [3.05, 3.63) is 59.7 Å². The van der Waals surface area contributed by atoms with Crippen molar-refractivity contribution in [3.8, 4) is 5.75 Å². The van der Waals surface area contributed by atoms with Gasteiger partial charge in [-0.25, -0.2) is 0 Å². The zero-order chi connectivity index (χ0) is 18.4. The minimum absolute atomic E-state index is 0.0842. The van der Waals surface area contributed by atoms with E-state index in [1.807, 2.05) is 24.3 Å². The Morgan fingerprint density at radius 3 is 2.48 bits per heavy atom. The lowest BCUT2D eigenvalue weighted by atomic mass is 9.86. The maximum atomic E-state index is 12.1. The van der Waals surface area contributed by atoms with Gasteiger partial charge in [-0.15, -0.1) is 0 Å². The third-order valence-corrected chi connectivity index (χ3v) is 3.62. The number of hydrogen-bond donors (Lipinski definition) is 2. The van der Waals surface area contributed by atoms with E-state index in [4.69, 9.17) is 9.84 Å². The van der Waals surface area contributed by atoms with Crippen LogP contribution < -0.4 is 10.1 Å². The molecule has 1 amide bonds. The quantitative estimate of drug-likeness (QED) is 0.841. The van der Waals surface area contributed by atoms with Crippen LogP contribution in [0.4, 0.5) is 5.69 Å². The first-order valence-electron chi connectivity index (χ1n) is 8.08. The Morgan fingerprint density at radius 2 is 1.80 bits per heavy atom. The molecular formula is C20H23NO4. The fraction of sp³-hybridized carbons (Fsp3) is 0.300. The smallest absolute Gasteiger partial charge is 0.307 e. The highest BCUT2D eigenvalue weighted by Gasteiger charge is 2.18. The van der Waals surface area contributed by atoms with Crippen molar-refractivity contribution < 1.29 is 19.4 Å². The van der Waals surface area contributed by atoms with E-state index < -0.39 is 5.97 Å². The second-order valence-electron chi connectivity index (χ2n) is 6.85. The van der Waals surface area contributed by atoms with Gasteiger partial charge in [-0.3, -0.25) is 9.59 Å². The molecule has 0 aliphatic rings. The van der Waals surface area contributed by atoms with Crippen molar-refractivity contribution in [2.45, 2.75) is 32.6 Å². The molecular weight excluding hydrogens is 318 g/mol. The zero-order valence-corrected chi connectivity index (χ0v) is 14.7. The van der Waals surface area contributed by atoms with Crippen LogP contribution in [0.2, 0.25) is 0 Å². The number of nitrogens with one attached hydrogen (secondary N) is 1. The van der Waals surface area contributed by atoms with E-state index in [0.717, 1.165) is 5.56 Å². The summed E-state index contributed by atoms with van der Waals surface area (Å²) in [5.74, 6) is -0.522. The number of benzene rings is 2. The number of carboxylic acid groups (broad SMARTS) is 1. The molecule has 0 heterocycles. The van der Waals surface area contributed by atoms with Crippen molar-refractivity contribution in [1.82, 2.24) is 0 Å². The highest BCUT2D eigenvalue weighted by Crippen LogP contribution is 2.30. The molecule has 2 N–H and O–H groups in total. The van der Waals surface area contributed by atoms with Crippen LogP contribution >= 0.6 is 0 Å². The van der Waals surface area contributed by atoms with Crippen molar-refractivity contribution in [2.75, 3.05) is 11.9 Å². The summed E-state index contributed by atoms with van der Waals surface area (Å²) in [6.07, 6.45) is -0.0842. The molecule has 0 bridgehead atoms. The van der Waals surface area contributed by atoms with Gasteiger partial charge in [-0.1, -0.05) is 51.1 Å². The van der Waals surface area contributed by atoms with Crippen LogP contribution in [0, 0.1) is 0 Å². The van der Waals surface area contributed by atoms with Gasteiger partial charge in [0.15, 0.2) is 6.61 Å². The summed E-state index contributed by atoms with van der Waals surface area (Å²) >= 11 is 0. The summed E-state index contributed by atoms with van der Waals surface area (Å²) in [6, 6.07) is 14.4. The third kappa shape index (κ3) is 5.64. The van der Waals surface area contributed by atoms with Gasteiger partial charge in [0.1, 0.15) is 5.75 Å². The topological polar surface area (TPSA) is 75.6 Å². The van der Waals surface area contributed by atoms with E-state index in [1.54, 1.807) is 24.3 Å². The fourth-order valence-electron chi connectivity index (χ4n) is 2.49. The predicted molar refractivity (Wildman–Crippen MR) is 97.0 cm³/mol. The van der Waals surface area contributed by atoms with Gasteiger partial charge in [-0.2, -0.15) is 0 Å². The normalized spacial score (nSPS) is 11.0. The highest BCUT2D eigenvalue weighted by molar-refractivity contribution is 5.92. The zero-order valence-electron chi connectivity index (χ0n) is 14.7. The van der Waals surface area contributed by atoms with Crippen molar-refractivity contribution in [2.24, 2.45) is 0 Å². The average Bonchev–Trinajstić information content (AvgIpc) is 2.52. The van der Waals surface area contributed by atoms with Crippen LogP contribution in [0.15, 0.2) is 48.5 Å². The number of anilines is 1. The van der Waals surface area contributed by atoms with E-state index >= 15 is 0 Å². The van der Waals surface area contributed by atoms with Gasteiger partial charge in [0.25, 0.3) is 5.91 Å². The summed E-state index contributed by atoms with van der Waals surface area (Å²) in [6.45, 7) is 6.14. The summed E-state index contributed by atoms with van der Waals surface area (Å²) in [5, 5.41) is 11.6. The van der Waals surface area contributed by atoms with Gasteiger partial charge >= 0.3 is 5.97 Å². The molecule has 0 aliphatic heterocycles. The molecule has 0 atom stereocenters. The van der Waals surface area contributed by atoms with Crippen molar-refractivity contribution >= 4 is 17.6 Å². The third-order valence-electron chi connectivity index (χ3n) is 3.62. The molecule has 5 nitrogen and oxygen atoms in total. The number of para-hydroxylation sites is 1. The molecule has 0 radical (unpaired) electrons. The summed E-state index contributed by atoms with van der Waals surface area (Å²) < 4.78 is 5.69. The number of carbonyl (C=O) groups excluding carboxylic acids is 1. The Bertz CT molecular complexity index is 762. The second kappa shape index (κ2) is 7.83. The monoisotopic (exact) mass is 341 g/mol. The van der Waals surface area contributed by atoms with Crippen LogP contribution in [0.3, 0.4) is 0 Å². The van der Waals surface area contributed by atoms with Gasteiger partial charge in [-0.05, 0) is 34.7 Å². The van der Waals surface area contributed by atoms with E-state index in [0.29, 0.717) is 17.0 Å². The van der Waals surface area contributed by atoms with Crippen LogP contribution in [-0.2, 0) is 21.4 Å². The first-order chi connectivity index (χ1) is 11.8. The van der Waals surface area contributed by atoms with E-state index in [9.17, 15) is 9.59 Å². The lowest BCUT2D eigenvalue weighted by Gasteiger charge is -2.22. The van der Waals surface area contributed by atoms with Crippen LogP contribution in [0.25, 0.3) is 0 Å². The Labute approximate surface area is 147 Å². The van der Waals surface area contributed by atoms with Crippen LogP contribution in [-0.4, -0.2) is 23.6 Å². The SMILES string of the molecule is CC(C)(C)c1ccccc1OCC(=O)Nc1cccc(CC(=O)O)c1. The number of carboxylic acids is 1. The molecule has 0 spiro atoms. The molecule has 0 unspecified atom stereocenters. The van der Waals surface area contributed by atoms with Gasteiger partial charge < -0.3 is 15.2 Å². The lowest BCUT2D eigenvalue weighted by molar-refractivity contribution is -0.136. The van der Waals surface area contributed by atoms with E-state index in [1.165, 1.54) is 0 Å². The molecule has 132 valence electrons. The molecule has 0 saturated heterocycles. The molecule has 25 heavy (non-hydrogen) atoms. The Hall–Kier alpha value is -2.82. The standard InChI is InChI=1S/C20H23NO4/c1-20(2,3)16-9-4-5-10-17(16)25-13-18(22)21-15-8-6-7-14(11-15)12-19(23)24/h4-11H,12-13H2,1-3H3,(H,21,22)(H,23,24). The Morgan fingerprint density at radius 1 is 1.08 bits per heavy atom. The van der Waals surface area contributed by atoms with E-state index in [2.05, 4.69) is 26.1 Å². The molecule has 0 saturated carbocycles. The number of rotatable bonds is 6. The highest BCUT2D eigenvalue weighted by atomic mass is 16.5. The van der Waals surface area contributed by atoms with Gasteiger partial charge in [0, 0.05) is 5.69 Å². The largest absolute Gasteiger partial charge is 0.483 e. The fourth-order valence-corrected chi connectivity index (χ4v) is 2.49. The average molecular weight is 341 g/mol. The number of carbonyl (C=O) groups is 2. The first-order valence-corrected chi connectivity index (χ1v) is 8.08. The molecule has 0 aromatic heterocycles. The predicted octanol–water partition coefficient (Wildman–Crippen LogP) is 3.63. The maximum absolute atomic E-state index is 12.1. The number of aliphatic carboxylic acids is 1. The number of amides is 1. The number of hydrogen-bond acceptors (Lipinski definition) is 3. The molecule has 2 aromatic rings. The molecule has 0 fully saturated rings. The van der Waals surface area contributed by atoms with Crippen LogP contribution in [0.1, 0.15) is 31.9 Å². The molecule has 0 aliphatic carbocycles. The van der Waals surface area contributed by atoms with Crippen LogP contribution in [0.5, 0.6) is 5.75 Å². The molecule has 2 aromatic carbocycles. The summed E-state index contributed by atoms with van der Waals surface area (Å²) in [7, 11) is 0. The molecule has 2 rings (SSSR count). The number of ether oxygens (including phenoxy) is 1. The minimum atomic E-state index is -0.911. The summed E-state index contributed by atoms with van der Waals surface area (Å²) in [5.41, 5.74) is 2.13. The minimum Gasteiger partial charge on any atom is -0.483 e. The maximum Gasteiger partial charge on any atom is 0.307 e. The van der Waals surface area contributed by atoms with E-state index in [-0.39, 0.29) is 24.3 Å². The Kier molecular flexibility index (Phi) is 5.80. The Balaban J connectivity index is 1.99. The first kappa shape index (κ1) is 18.5. The second-order valence-corrected chi connectivity index (χ2v) is 6.85. The van der Waals surface area contributed by atoms with Crippen molar-refractivity contribution in [3.63, 3.8) is 0 Å². The van der Waals surface area contributed by atoms with Gasteiger partial charge in [0.2, 0.25) is 0 Å². The van der Waals surface area contributed by atoms with Crippen molar-refractivity contribution in [1.29, 1.82) is 0 Å². The lowest BCUT2D eigenvalue weighted by Crippen LogP contribution is -2.22. The molecule has 5 heteroatoms. The van der Waals surface area contributed by atoms with Gasteiger partial charge in [0.05, 0.1) is 6.42 Å². The summed E-state index contributed by atoms with van der Waals surface area (Å²) in [4.78, 5) is 22.9.